The van der Waals surface area contributed by atoms with Gasteiger partial charge in [0, 0.05) is 23.4 Å². The topological polar surface area (TPSA) is 194 Å². The molecular weight excluding hydrogens is 582 g/mol. The number of amides is 2. The Morgan fingerprint density at radius 2 is 2.05 bits per heavy atom. The summed E-state index contributed by atoms with van der Waals surface area (Å²) in [4.78, 5) is 34.8. The van der Waals surface area contributed by atoms with Gasteiger partial charge in [0.25, 0.3) is 5.69 Å². The maximum atomic E-state index is 12.4. The van der Waals surface area contributed by atoms with Crippen LogP contribution in [0, 0.1) is 10.1 Å². The monoisotopic (exact) mass is 607 g/mol. The molecule has 1 heterocycles. The highest BCUT2D eigenvalue weighted by Crippen LogP contribution is 2.35. The van der Waals surface area contributed by atoms with E-state index in [0.717, 1.165) is 18.3 Å². The Kier molecular flexibility index (Phi) is 9.68. The van der Waals surface area contributed by atoms with Gasteiger partial charge in [-0.1, -0.05) is 6.07 Å². The van der Waals surface area contributed by atoms with Gasteiger partial charge in [0.05, 0.1) is 40.9 Å². The number of urea groups is 1. The Labute approximate surface area is 230 Å². The number of phenolic OH excluding ortho intramolecular Hbond substituents is 1. The van der Waals surface area contributed by atoms with Crippen LogP contribution in [-0.2, 0) is 9.53 Å². The second kappa shape index (κ2) is 12.9. The van der Waals surface area contributed by atoms with Gasteiger partial charge in [0.2, 0.25) is 0 Å². The van der Waals surface area contributed by atoms with E-state index < -0.39 is 29.2 Å². The van der Waals surface area contributed by atoms with Crippen LogP contribution >= 0.6 is 15.9 Å². The number of non-ortho nitro benzene ring substituents is 1. The second-order valence-electron chi connectivity index (χ2n) is 8.04. The molecule has 5 N–H and O–H groups in total. The van der Waals surface area contributed by atoms with Crippen molar-refractivity contribution in [2.45, 2.75) is 26.1 Å². The molecule has 0 unspecified atom stereocenters. The van der Waals surface area contributed by atoms with E-state index in [-0.39, 0.29) is 46.0 Å². The maximum Gasteiger partial charge on any atom is 0.337 e. The van der Waals surface area contributed by atoms with Crippen LogP contribution in [0.1, 0.15) is 31.0 Å². The first-order chi connectivity index (χ1) is 18.5. The average Bonchev–Trinajstić information content (AvgIpc) is 2.89. The summed E-state index contributed by atoms with van der Waals surface area (Å²) in [5.74, 6) is -0.300. The van der Waals surface area contributed by atoms with Gasteiger partial charge in [0.1, 0.15) is 12.4 Å². The highest BCUT2D eigenvalue weighted by atomic mass is 79.9. The van der Waals surface area contributed by atoms with Gasteiger partial charge in [-0.25, -0.2) is 9.59 Å². The number of carbonyl (C=O) groups is 2. The molecule has 15 heteroatoms. The number of benzene rings is 2. The number of aromatic hydroxyl groups is 1. The number of phenols is 1. The Morgan fingerprint density at radius 3 is 2.72 bits per heavy atom. The van der Waals surface area contributed by atoms with E-state index >= 15 is 0 Å². The van der Waals surface area contributed by atoms with Gasteiger partial charge in [0.15, 0.2) is 17.7 Å². The van der Waals surface area contributed by atoms with Crippen molar-refractivity contribution >= 4 is 39.8 Å². The first kappa shape index (κ1) is 29.2. The number of allylic oxidation sites excluding steroid dienone is 1. The third-order valence-corrected chi connectivity index (χ3v) is 5.99. The number of nitrogens with zero attached hydrogens (tertiary/aromatic N) is 2. The highest BCUT2D eigenvalue weighted by molar-refractivity contribution is 9.10. The van der Waals surface area contributed by atoms with Crippen LogP contribution in [0.5, 0.6) is 17.2 Å². The van der Waals surface area contributed by atoms with E-state index in [9.17, 15) is 29.9 Å². The molecule has 0 aromatic heterocycles. The van der Waals surface area contributed by atoms with E-state index in [2.05, 4.69) is 37.1 Å². The highest BCUT2D eigenvalue weighted by Gasteiger charge is 2.32. The Bertz CT molecular complexity index is 1330. The number of nitrogens with one attached hydrogen (secondary N) is 3. The molecule has 0 aliphatic carbocycles. The molecule has 0 fully saturated rings. The van der Waals surface area contributed by atoms with Crippen molar-refractivity contribution in [3.63, 3.8) is 0 Å². The normalized spacial score (nSPS) is 15.8. The van der Waals surface area contributed by atoms with Crippen molar-refractivity contribution in [3.05, 3.63) is 67.3 Å². The van der Waals surface area contributed by atoms with Gasteiger partial charge in [-0.05, 0) is 47.5 Å². The molecule has 1 aliphatic rings. The fourth-order valence-electron chi connectivity index (χ4n) is 3.62. The summed E-state index contributed by atoms with van der Waals surface area (Å²) < 4.78 is 16.3. The lowest BCUT2D eigenvalue weighted by molar-refractivity contribution is -0.385. The number of esters is 1. The lowest BCUT2D eigenvalue weighted by atomic mass is 9.95. The van der Waals surface area contributed by atoms with E-state index in [1.807, 2.05) is 0 Å². The van der Waals surface area contributed by atoms with Crippen LogP contribution in [0.4, 0.5) is 10.5 Å². The summed E-state index contributed by atoms with van der Waals surface area (Å²) in [7, 11) is 1.24. The third-order valence-electron chi connectivity index (χ3n) is 5.39. The maximum absolute atomic E-state index is 12.4. The SMILES string of the molecule is CCOc1cc([C@H]2NC(=O)NC(C)=C2C(=O)OC)ccc1OC[C@@H](O)N/N=C/c1cc([N+](=O)[O-])cc(Br)c1O. The van der Waals surface area contributed by atoms with Gasteiger partial charge in [-0.2, -0.15) is 5.10 Å². The van der Waals surface area contributed by atoms with Crippen molar-refractivity contribution in [2.24, 2.45) is 5.10 Å². The van der Waals surface area contributed by atoms with Crippen molar-refractivity contribution in [1.82, 2.24) is 16.1 Å². The predicted octanol–water partition coefficient (Wildman–Crippen LogP) is 2.58. The van der Waals surface area contributed by atoms with Crippen LogP contribution in [-0.4, -0.2) is 59.9 Å². The van der Waals surface area contributed by atoms with Gasteiger partial charge < -0.3 is 35.1 Å². The van der Waals surface area contributed by atoms with E-state index in [1.54, 1.807) is 32.0 Å². The number of ether oxygens (including phenoxy) is 3. The number of nitro benzene ring substituents is 1. The molecule has 2 atom stereocenters. The van der Waals surface area contributed by atoms with Gasteiger partial charge in [-0.15, -0.1) is 0 Å². The summed E-state index contributed by atoms with van der Waals surface area (Å²) >= 11 is 3.04. The number of hydrazone groups is 1. The van der Waals surface area contributed by atoms with Gasteiger partial charge in [-0.3, -0.25) is 15.5 Å². The molecule has 1 aliphatic heterocycles. The Hall–Kier alpha value is -4.37. The Morgan fingerprint density at radius 1 is 1.31 bits per heavy atom. The largest absolute Gasteiger partial charge is 0.506 e. The zero-order valence-corrected chi connectivity index (χ0v) is 22.6. The van der Waals surface area contributed by atoms with Crippen molar-refractivity contribution in [1.29, 1.82) is 0 Å². The molecule has 0 bridgehead atoms. The standard InChI is InChI=1S/C24H26BrN5O9/c1-4-38-18-8-13(21-20(23(33)37-3)12(2)27-24(34)28-21)5-6-17(18)39-11-19(31)29-26-10-14-7-15(30(35)36)9-16(25)22(14)32/h5-10,19,21,29,31-32H,4,11H2,1-3H3,(H2,27,28,34)/b26-10+/t19-,21-/m1/s1. The van der Waals surface area contributed by atoms with Crippen molar-refractivity contribution in [2.75, 3.05) is 20.3 Å². The zero-order valence-electron chi connectivity index (χ0n) is 21.1. The van der Waals surface area contributed by atoms with Crippen molar-refractivity contribution < 1.29 is 38.9 Å². The lowest BCUT2D eigenvalue weighted by Crippen LogP contribution is -2.45. The molecule has 3 rings (SSSR count). The first-order valence-corrected chi connectivity index (χ1v) is 12.2. The minimum atomic E-state index is -1.31. The van der Waals surface area contributed by atoms with Crippen LogP contribution in [0.2, 0.25) is 0 Å². The number of halogens is 1. The van der Waals surface area contributed by atoms with Crippen LogP contribution in [0.3, 0.4) is 0 Å². The average molecular weight is 608 g/mol. The number of nitro groups is 1. The van der Waals surface area contributed by atoms with Crippen molar-refractivity contribution in [3.8, 4) is 17.2 Å². The molecule has 0 spiro atoms. The molecule has 2 aromatic carbocycles. The fourth-order valence-corrected chi connectivity index (χ4v) is 4.09. The summed E-state index contributed by atoms with van der Waals surface area (Å²) in [6.07, 6.45) is -0.196. The minimum absolute atomic E-state index is 0.0477. The van der Waals surface area contributed by atoms with E-state index in [1.165, 1.54) is 7.11 Å². The molecule has 0 radical (unpaired) electrons. The second-order valence-corrected chi connectivity index (χ2v) is 8.89. The fraction of sp³-hybridized carbons (Fsp3) is 0.292. The third kappa shape index (κ3) is 7.14. The quantitative estimate of drug-likeness (QED) is 0.0832. The lowest BCUT2D eigenvalue weighted by Gasteiger charge is -2.28. The zero-order chi connectivity index (χ0) is 28.7. The number of hydrogen-bond acceptors (Lipinski definition) is 11. The molecule has 14 nitrogen and oxygen atoms in total. The number of aliphatic hydroxyl groups excluding tert-OH is 1. The molecule has 39 heavy (non-hydrogen) atoms. The number of hydrogen-bond donors (Lipinski definition) is 5. The molecule has 0 saturated carbocycles. The minimum Gasteiger partial charge on any atom is -0.506 e. The van der Waals surface area contributed by atoms with Crippen LogP contribution in [0.15, 0.2) is 51.2 Å². The smallest absolute Gasteiger partial charge is 0.337 e. The van der Waals surface area contributed by atoms with Crippen LogP contribution < -0.4 is 25.5 Å². The molecule has 2 aromatic rings. The molecular formula is C24H26BrN5O9. The number of methoxy groups -OCH3 is 1. The number of rotatable bonds is 11. The molecule has 2 amide bonds. The molecule has 208 valence electrons. The number of aliphatic hydroxyl groups is 1. The number of carbonyl (C=O) groups excluding carboxylic acids is 2. The summed E-state index contributed by atoms with van der Waals surface area (Å²) in [5, 5.41) is 40.4. The predicted molar refractivity (Wildman–Crippen MR) is 141 cm³/mol. The summed E-state index contributed by atoms with van der Waals surface area (Å²) in [6.45, 7) is 3.36. The van der Waals surface area contributed by atoms with E-state index in [4.69, 9.17) is 14.2 Å². The summed E-state index contributed by atoms with van der Waals surface area (Å²) in [5.41, 5.74) is 3.30. The van der Waals surface area contributed by atoms with Crippen LogP contribution in [0.25, 0.3) is 0 Å². The summed E-state index contributed by atoms with van der Waals surface area (Å²) in [6, 6.07) is 5.79. The van der Waals surface area contributed by atoms with Gasteiger partial charge >= 0.3 is 12.0 Å². The first-order valence-electron chi connectivity index (χ1n) is 11.4. The molecule has 0 saturated heterocycles. The Balaban J connectivity index is 1.72. The van der Waals surface area contributed by atoms with E-state index in [0.29, 0.717) is 17.0 Å².